The van der Waals surface area contributed by atoms with Gasteiger partial charge in [0.15, 0.2) is 0 Å². The molecule has 0 bridgehead atoms. The number of aliphatic hydroxyl groups is 1. The lowest BCUT2D eigenvalue weighted by atomic mass is 9.83. The van der Waals surface area contributed by atoms with Crippen molar-refractivity contribution in [1.82, 2.24) is 0 Å². The number of hydrogen-bond acceptors (Lipinski definition) is 3. The van der Waals surface area contributed by atoms with Gasteiger partial charge in [-0.1, -0.05) is 48.5 Å². The fourth-order valence-electron chi connectivity index (χ4n) is 3.62. The molecule has 1 saturated heterocycles. The first-order valence-corrected chi connectivity index (χ1v) is 7.30. The zero-order valence-electron chi connectivity index (χ0n) is 11.5. The van der Waals surface area contributed by atoms with Gasteiger partial charge in [-0.25, -0.2) is 0 Å². The molecule has 0 aromatic heterocycles. The molecule has 1 fully saturated rings. The van der Waals surface area contributed by atoms with E-state index in [1.54, 1.807) is 0 Å². The zero-order chi connectivity index (χ0) is 14.4. The third-order valence-electron chi connectivity index (χ3n) is 4.61. The predicted octanol–water partition coefficient (Wildman–Crippen LogP) is 2.72. The quantitative estimate of drug-likeness (QED) is 0.860. The smallest absolute Gasteiger partial charge is 0.311 e. The number of carbonyl (C=O) groups excluding carboxylic acids is 1. The van der Waals surface area contributed by atoms with Gasteiger partial charge >= 0.3 is 5.97 Å². The average molecular weight is 280 g/mol. The third kappa shape index (κ3) is 1.81. The molecule has 1 aliphatic carbocycles. The molecule has 2 atom stereocenters. The van der Waals surface area contributed by atoms with Gasteiger partial charge in [0.05, 0.1) is 18.6 Å². The van der Waals surface area contributed by atoms with Crippen molar-refractivity contribution in [2.45, 2.75) is 18.4 Å². The van der Waals surface area contributed by atoms with Crippen LogP contribution in [0, 0.1) is 5.92 Å². The predicted molar refractivity (Wildman–Crippen MR) is 78.8 cm³/mol. The van der Waals surface area contributed by atoms with E-state index in [9.17, 15) is 9.90 Å². The van der Waals surface area contributed by atoms with Gasteiger partial charge < -0.3 is 9.84 Å². The minimum Gasteiger partial charge on any atom is -0.465 e. The Morgan fingerprint density at radius 2 is 1.57 bits per heavy atom. The fraction of sp³-hybridized carbons (Fsp3) is 0.278. The van der Waals surface area contributed by atoms with Crippen LogP contribution in [0.15, 0.2) is 48.5 Å². The third-order valence-corrected chi connectivity index (χ3v) is 4.61. The lowest BCUT2D eigenvalue weighted by Crippen LogP contribution is -2.30. The van der Waals surface area contributed by atoms with Crippen LogP contribution >= 0.6 is 0 Å². The molecular weight excluding hydrogens is 264 g/mol. The van der Waals surface area contributed by atoms with Gasteiger partial charge in [0.25, 0.3) is 0 Å². The van der Waals surface area contributed by atoms with Crippen LogP contribution in [0.25, 0.3) is 11.1 Å². The highest BCUT2D eigenvalue weighted by Gasteiger charge is 2.42. The average Bonchev–Trinajstić information content (AvgIpc) is 3.08. The Morgan fingerprint density at radius 1 is 1.00 bits per heavy atom. The van der Waals surface area contributed by atoms with Crippen LogP contribution < -0.4 is 0 Å². The lowest BCUT2D eigenvalue weighted by molar-refractivity contribution is -0.144. The van der Waals surface area contributed by atoms with Crippen molar-refractivity contribution in [2.75, 3.05) is 6.61 Å². The summed E-state index contributed by atoms with van der Waals surface area (Å²) in [5.41, 5.74) is 4.52. The number of esters is 1. The number of cyclic esters (lactones) is 1. The van der Waals surface area contributed by atoms with Crippen LogP contribution in [0.5, 0.6) is 0 Å². The van der Waals surface area contributed by atoms with Crippen molar-refractivity contribution in [1.29, 1.82) is 0 Å². The minimum absolute atomic E-state index is 0.145. The van der Waals surface area contributed by atoms with Crippen LogP contribution in [0.1, 0.15) is 23.5 Å². The van der Waals surface area contributed by atoms with Crippen LogP contribution in [0.3, 0.4) is 0 Å². The van der Waals surface area contributed by atoms with Crippen molar-refractivity contribution in [3.63, 3.8) is 0 Å². The SMILES string of the molecule is O=C1OCC[C@H]1[C@@H](O)C1c2ccccc2-c2ccccc21. The number of rotatable bonds is 2. The summed E-state index contributed by atoms with van der Waals surface area (Å²) in [6.45, 7) is 0.413. The summed E-state index contributed by atoms with van der Waals surface area (Å²) in [4.78, 5) is 11.8. The van der Waals surface area contributed by atoms with Crippen LogP contribution in [-0.2, 0) is 9.53 Å². The standard InChI is InChI=1S/C18H16O3/c19-17(15-9-10-21-18(15)20)16-13-7-3-1-5-11(13)12-6-2-4-8-14(12)16/h1-8,15-17,19H,9-10H2/t15-,17+/m0/s1. The summed E-state index contributed by atoms with van der Waals surface area (Å²) in [6.07, 6.45) is -0.134. The number of aliphatic hydroxyl groups excluding tert-OH is 1. The van der Waals surface area contributed by atoms with Gasteiger partial charge in [0, 0.05) is 5.92 Å². The molecule has 3 nitrogen and oxygen atoms in total. The number of fused-ring (bicyclic) bond motifs is 3. The van der Waals surface area contributed by atoms with E-state index < -0.39 is 12.0 Å². The van der Waals surface area contributed by atoms with E-state index in [4.69, 9.17) is 4.74 Å². The lowest BCUT2D eigenvalue weighted by Gasteiger charge is -2.23. The topological polar surface area (TPSA) is 46.5 Å². The second kappa shape index (κ2) is 4.71. The van der Waals surface area contributed by atoms with E-state index in [2.05, 4.69) is 12.1 Å². The Balaban J connectivity index is 1.83. The van der Waals surface area contributed by atoms with Crippen LogP contribution in [0.2, 0.25) is 0 Å². The largest absolute Gasteiger partial charge is 0.465 e. The molecule has 2 aliphatic rings. The van der Waals surface area contributed by atoms with Gasteiger partial charge in [0.2, 0.25) is 0 Å². The number of ether oxygens (including phenoxy) is 1. The Labute approximate surface area is 123 Å². The molecule has 21 heavy (non-hydrogen) atoms. The van der Waals surface area contributed by atoms with Crippen molar-refractivity contribution < 1.29 is 14.6 Å². The monoisotopic (exact) mass is 280 g/mol. The first-order valence-electron chi connectivity index (χ1n) is 7.30. The van der Waals surface area contributed by atoms with E-state index in [-0.39, 0.29) is 11.9 Å². The Morgan fingerprint density at radius 3 is 2.10 bits per heavy atom. The molecule has 0 spiro atoms. The normalized spacial score (nSPS) is 21.8. The van der Waals surface area contributed by atoms with Crippen molar-refractivity contribution in [2.24, 2.45) is 5.92 Å². The molecule has 1 heterocycles. The van der Waals surface area contributed by atoms with Gasteiger partial charge in [-0.15, -0.1) is 0 Å². The molecule has 1 N–H and O–H groups in total. The molecule has 0 unspecified atom stereocenters. The first kappa shape index (κ1) is 12.6. The second-order valence-electron chi connectivity index (χ2n) is 5.71. The molecule has 2 aromatic carbocycles. The Kier molecular flexibility index (Phi) is 2.82. The molecule has 0 saturated carbocycles. The van der Waals surface area contributed by atoms with Gasteiger partial charge in [-0.3, -0.25) is 4.79 Å². The maximum absolute atomic E-state index is 11.8. The zero-order valence-corrected chi connectivity index (χ0v) is 11.5. The summed E-state index contributed by atoms with van der Waals surface area (Å²) < 4.78 is 5.02. The molecule has 106 valence electrons. The maximum Gasteiger partial charge on any atom is 0.311 e. The van der Waals surface area contributed by atoms with Crippen LogP contribution in [0.4, 0.5) is 0 Å². The van der Waals surface area contributed by atoms with Gasteiger partial charge in [0.1, 0.15) is 0 Å². The van der Waals surface area contributed by atoms with Gasteiger partial charge in [-0.05, 0) is 28.7 Å². The van der Waals surface area contributed by atoms with Crippen LogP contribution in [-0.4, -0.2) is 23.8 Å². The highest BCUT2D eigenvalue weighted by molar-refractivity contribution is 5.80. The van der Waals surface area contributed by atoms with E-state index in [0.29, 0.717) is 13.0 Å². The highest BCUT2D eigenvalue weighted by atomic mass is 16.5. The second-order valence-corrected chi connectivity index (χ2v) is 5.71. The maximum atomic E-state index is 11.8. The Bertz CT molecular complexity index is 662. The van der Waals surface area contributed by atoms with E-state index in [1.165, 1.54) is 0 Å². The summed E-state index contributed by atoms with van der Waals surface area (Å²) in [5, 5.41) is 10.8. The van der Waals surface area contributed by atoms with E-state index in [0.717, 1.165) is 22.3 Å². The van der Waals surface area contributed by atoms with Crippen molar-refractivity contribution in [3.8, 4) is 11.1 Å². The molecule has 0 radical (unpaired) electrons. The summed E-state index contributed by atoms with van der Waals surface area (Å²) in [6, 6.07) is 16.2. The molecule has 4 rings (SSSR count). The van der Waals surface area contributed by atoms with Crippen molar-refractivity contribution in [3.05, 3.63) is 59.7 Å². The molecular formula is C18H16O3. The molecule has 3 heteroatoms. The Hall–Kier alpha value is -2.13. The van der Waals surface area contributed by atoms with Gasteiger partial charge in [-0.2, -0.15) is 0 Å². The molecule has 2 aromatic rings. The highest BCUT2D eigenvalue weighted by Crippen LogP contribution is 2.48. The van der Waals surface area contributed by atoms with Crippen molar-refractivity contribution >= 4 is 5.97 Å². The number of carbonyl (C=O) groups is 1. The number of hydrogen-bond donors (Lipinski definition) is 1. The summed E-state index contributed by atoms with van der Waals surface area (Å²) in [7, 11) is 0. The molecule has 1 aliphatic heterocycles. The summed E-state index contributed by atoms with van der Waals surface area (Å²) in [5.74, 6) is -0.841. The first-order chi connectivity index (χ1) is 10.3. The van der Waals surface area contributed by atoms with E-state index >= 15 is 0 Å². The fourth-order valence-corrected chi connectivity index (χ4v) is 3.62. The summed E-state index contributed by atoms with van der Waals surface area (Å²) >= 11 is 0. The molecule has 0 amide bonds. The van der Waals surface area contributed by atoms with E-state index in [1.807, 2.05) is 36.4 Å². The number of benzene rings is 2. The minimum atomic E-state index is -0.732.